The monoisotopic (exact) mass is 148 g/mol. The maximum absolute atomic E-state index is 10.4. The molecule has 0 spiro atoms. The Balaban J connectivity index is 3.85. The summed E-state index contributed by atoms with van der Waals surface area (Å²) >= 11 is 3.86. The molecule has 3 nitrogen and oxygen atoms in total. The topological polar surface area (TPSA) is 69.1 Å². The number of rotatable bonds is 3. The number of hydrogen-bond donors (Lipinski definition) is 3. The summed E-state index contributed by atoms with van der Waals surface area (Å²) in [6.07, 6.45) is 1.33. The molecule has 1 unspecified atom stereocenters. The van der Waals surface area contributed by atoms with E-state index in [1.807, 2.05) is 6.92 Å². The first kappa shape index (κ1) is 8.78. The smallest absolute Gasteiger partial charge is 0.247 e. The minimum Gasteiger partial charge on any atom is -0.367 e. The van der Waals surface area contributed by atoms with Gasteiger partial charge in [-0.05, 0) is 6.42 Å². The summed E-state index contributed by atoms with van der Waals surface area (Å²) < 4.78 is 0. The molecule has 0 aliphatic carbocycles. The van der Waals surface area contributed by atoms with E-state index in [2.05, 4.69) is 12.6 Å². The van der Waals surface area contributed by atoms with E-state index in [0.29, 0.717) is 6.42 Å². The van der Waals surface area contributed by atoms with Crippen molar-refractivity contribution in [1.82, 2.24) is 0 Å². The van der Waals surface area contributed by atoms with Crippen molar-refractivity contribution in [1.29, 1.82) is 0 Å². The SMILES string of the molecule is CCCC(N)(S)C(N)=O. The molecular weight excluding hydrogens is 136 g/mol. The fourth-order valence-electron chi connectivity index (χ4n) is 0.504. The Kier molecular flexibility index (Phi) is 3.00. The largest absolute Gasteiger partial charge is 0.367 e. The van der Waals surface area contributed by atoms with Gasteiger partial charge in [-0.3, -0.25) is 4.79 Å². The Morgan fingerprint density at radius 2 is 2.22 bits per heavy atom. The van der Waals surface area contributed by atoms with E-state index in [9.17, 15) is 4.79 Å². The molecule has 4 heteroatoms. The predicted molar refractivity (Wildman–Crippen MR) is 40.0 cm³/mol. The molecule has 0 aromatic rings. The van der Waals surface area contributed by atoms with E-state index in [-0.39, 0.29) is 0 Å². The molecule has 0 heterocycles. The van der Waals surface area contributed by atoms with Crippen LogP contribution < -0.4 is 11.5 Å². The van der Waals surface area contributed by atoms with Gasteiger partial charge in [0.05, 0.1) is 0 Å². The maximum atomic E-state index is 10.4. The molecule has 9 heavy (non-hydrogen) atoms. The molecule has 54 valence electrons. The lowest BCUT2D eigenvalue weighted by Crippen LogP contribution is -2.46. The molecule has 0 fully saturated rings. The normalized spacial score (nSPS) is 16.8. The van der Waals surface area contributed by atoms with Gasteiger partial charge in [0, 0.05) is 0 Å². The molecule has 0 aliphatic heterocycles. The van der Waals surface area contributed by atoms with Gasteiger partial charge in [0.2, 0.25) is 5.91 Å². The summed E-state index contributed by atoms with van der Waals surface area (Å²) in [5, 5.41) is 0. The number of nitrogens with two attached hydrogens (primary N) is 2. The zero-order valence-electron chi connectivity index (χ0n) is 5.42. The summed E-state index contributed by atoms with van der Waals surface area (Å²) in [6, 6.07) is 0. The van der Waals surface area contributed by atoms with Crippen LogP contribution in [0.15, 0.2) is 0 Å². The quantitative estimate of drug-likeness (QED) is 0.385. The molecule has 4 N–H and O–H groups in total. The molecule has 1 atom stereocenters. The second kappa shape index (κ2) is 3.08. The second-order valence-electron chi connectivity index (χ2n) is 2.04. The van der Waals surface area contributed by atoms with Gasteiger partial charge in [-0.25, -0.2) is 0 Å². The van der Waals surface area contributed by atoms with E-state index in [1.54, 1.807) is 0 Å². The highest BCUT2D eigenvalue weighted by Crippen LogP contribution is 2.12. The average molecular weight is 148 g/mol. The van der Waals surface area contributed by atoms with Crippen molar-refractivity contribution in [3.8, 4) is 0 Å². The molecular formula is C5H12N2OS. The minimum absolute atomic E-state index is 0.519. The Hall–Kier alpha value is -0.220. The van der Waals surface area contributed by atoms with Crippen LogP contribution in [-0.4, -0.2) is 10.8 Å². The third-order valence-electron chi connectivity index (χ3n) is 1.06. The lowest BCUT2D eigenvalue weighted by atomic mass is 10.1. The first-order chi connectivity index (χ1) is 4.00. The molecule has 0 radical (unpaired) electrons. The lowest BCUT2D eigenvalue weighted by Gasteiger charge is -2.17. The fourth-order valence-corrected chi connectivity index (χ4v) is 0.728. The third-order valence-corrected chi connectivity index (χ3v) is 1.50. The van der Waals surface area contributed by atoms with Gasteiger partial charge >= 0.3 is 0 Å². The van der Waals surface area contributed by atoms with Crippen molar-refractivity contribution in [2.45, 2.75) is 24.6 Å². The van der Waals surface area contributed by atoms with Crippen molar-refractivity contribution in [3.05, 3.63) is 0 Å². The number of carbonyl (C=O) groups is 1. The van der Waals surface area contributed by atoms with Crippen LogP contribution in [0.1, 0.15) is 19.8 Å². The van der Waals surface area contributed by atoms with Gasteiger partial charge in [0.15, 0.2) is 0 Å². The minimum atomic E-state index is -1.12. The van der Waals surface area contributed by atoms with Gasteiger partial charge in [0.1, 0.15) is 4.87 Å². The highest BCUT2D eigenvalue weighted by molar-refractivity contribution is 7.82. The molecule has 1 amide bonds. The van der Waals surface area contributed by atoms with E-state index < -0.39 is 10.8 Å². The number of hydrogen-bond acceptors (Lipinski definition) is 3. The third kappa shape index (κ3) is 2.72. The highest BCUT2D eigenvalue weighted by atomic mass is 32.1. The number of thiol groups is 1. The van der Waals surface area contributed by atoms with Gasteiger partial charge in [-0.15, -0.1) is 12.6 Å². The van der Waals surface area contributed by atoms with Crippen molar-refractivity contribution in [2.75, 3.05) is 0 Å². The van der Waals surface area contributed by atoms with Crippen molar-refractivity contribution >= 4 is 18.5 Å². The average Bonchev–Trinajstić information content (AvgIpc) is 1.65. The zero-order valence-corrected chi connectivity index (χ0v) is 6.32. The van der Waals surface area contributed by atoms with Crippen LogP contribution in [0.5, 0.6) is 0 Å². The summed E-state index contributed by atoms with van der Waals surface area (Å²) in [4.78, 5) is 9.32. The molecule has 0 rings (SSSR count). The van der Waals surface area contributed by atoms with Crippen LogP contribution >= 0.6 is 12.6 Å². The number of amides is 1. The maximum Gasteiger partial charge on any atom is 0.247 e. The predicted octanol–water partition coefficient (Wildman–Crippen LogP) is -0.143. The Bertz CT molecular complexity index is 114. The van der Waals surface area contributed by atoms with E-state index in [4.69, 9.17) is 11.5 Å². The second-order valence-corrected chi connectivity index (χ2v) is 2.84. The Morgan fingerprint density at radius 1 is 1.78 bits per heavy atom. The molecule has 0 aromatic heterocycles. The summed E-state index contributed by atoms with van der Waals surface area (Å²) in [5.74, 6) is -0.562. The highest BCUT2D eigenvalue weighted by Gasteiger charge is 2.24. The van der Waals surface area contributed by atoms with Crippen LogP contribution in [0.2, 0.25) is 0 Å². The zero-order chi connectivity index (χ0) is 7.49. The van der Waals surface area contributed by atoms with Gasteiger partial charge < -0.3 is 11.5 Å². The van der Waals surface area contributed by atoms with E-state index in [1.165, 1.54) is 0 Å². The van der Waals surface area contributed by atoms with Crippen molar-refractivity contribution in [2.24, 2.45) is 11.5 Å². The van der Waals surface area contributed by atoms with Gasteiger partial charge in [-0.1, -0.05) is 13.3 Å². The van der Waals surface area contributed by atoms with E-state index in [0.717, 1.165) is 6.42 Å². The number of primary amides is 1. The summed E-state index contributed by atoms with van der Waals surface area (Å²) in [6.45, 7) is 1.92. The first-order valence-electron chi connectivity index (χ1n) is 2.82. The molecule has 0 saturated heterocycles. The lowest BCUT2D eigenvalue weighted by molar-refractivity contribution is -0.120. The van der Waals surface area contributed by atoms with Crippen LogP contribution in [0.4, 0.5) is 0 Å². The summed E-state index contributed by atoms with van der Waals surface area (Å²) in [5.41, 5.74) is 10.3. The molecule has 0 aliphatic rings. The molecule has 0 saturated carbocycles. The van der Waals surface area contributed by atoms with Gasteiger partial charge in [0.25, 0.3) is 0 Å². The molecule has 0 bridgehead atoms. The van der Waals surface area contributed by atoms with E-state index >= 15 is 0 Å². The van der Waals surface area contributed by atoms with Crippen molar-refractivity contribution < 1.29 is 4.79 Å². The van der Waals surface area contributed by atoms with Crippen LogP contribution in [0.25, 0.3) is 0 Å². The van der Waals surface area contributed by atoms with Crippen LogP contribution in [0, 0.1) is 0 Å². The Morgan fingerprint density at radius 3 is 2.33 bits per heavy atom. The van der Waals surface area contributed by atoms with Crippen LogP contribution in [-0.2, 0) is 4.79 Å². The number of carbonyl (C=O) groups excluding carboxylic acids is 1. The standard InChI is InChI=1S/C5H12N2OS/c1-2-3-5(7,9)4(6)8/h9H,2-3,7H2,1H3,(H2,6,8). The summed E-state index contributed by atoms with van der Waals surface area (Å²) in [7, 11) is 0. The molecule has 0 aromatic carbocycles. The first-order valence-corrected chi connectivity index (χ1v) is 3.26. The van der Waals surface area contributed by atoms with Crippen molar-refractivity contribution in [3.63, 3.8) is 0 Å². The van der Waals surface area contributed by atoms with Crippen LogP contribution in [0.3, 0.4) is 0 Å². The van der Waals surface area contributed by atoms with Gasteiger partial charge in [-0.2, -0.15) is 0 Å². The fraction of sp³-hybridized carbons (Fsp3) is 0.800. The Labute approximate surface area is 60.2 Å².